The van der Waals surface area contributed by atoms with Crippen LogP contribution in [-0.4, -0.2) is 12.6 Å². The lowest BCUT2D eigenvalue weighted by molar-refractivity contribution is -0.143. The second-order valence-corrected chi connectivity index (χ2v) is 4.14. The molecule has 0 aliphatic rings. The first kappa shape index (κ1) is 16.4. The highest BCUT2D eigenvalue weighted by Gasteiger charge is 2.13. The van der Waals surface area contributed by atoms with E-state index in [1.54, 1.807) is 19.1 Å². The number of carbonyl (C=O) groups is 1. The molecule has 0 amide bonds. The van der Waals surface area contributed by atoms with Crippen molar-refractivity contribution in [1.82, 2.24) is 0 Å². The number of hydrogen-bond donors (Lipinski definition) is 1. The first-order valence-electron chi connectivity index (χ1n) is 4.90. The van der Waals surface area contributed by atoms with Crippen molar-refractivity contribution in [2.75, 3.05) is 6.61 Å². The lowest BCUT2D eigenvalue weighted by Crippen LogP contribution is -2.17. The lowest BCUT2D eigenvalue weighted by Gasteiger charge is -2.11. The Kier molecular flexibility index (Phi) is 7.34. The average molecular weight is 327 g/mol. The zero-order chi connectivity index (χ0) is 12.1. The van der Waals surface area contributed by atoms with Crippen LogP contribution >= 0.6 is 28.3 Å². The Bertz CT molecular complexity index is 390. The van der Waals surface area contributed by atoms with Gasteiger partial charge < -0.3 is 10.5 Å². The van der Waals surface area contributed by atoms with Crippen LogP contribution in [-0.2, 0) is 9.53 Å². The zero-order valence-corrected chi connectivity index (χ0v) is 11.7. The van der Waals surface area contributed by atoms with Gasteiger partial charge in [-0.05, 0) is 40.5 Å². The summed E-state index contributed by atoms with van der Waals surface area (Å²) < 4.78 is 18.1. The van der Waals surface area contributed by atoms with Gasteiger partial charge in [0.05, 0.1) is 17.5 Å². The molecule has 1 aromatic rings. The molecule has 0 saturated carbocycles. The molecule has 1 rings (SSSR count). The van der Waals surface area contributed by atoms with Gasteiger partial charge in [-0.15, -0.1) is 12.4 Å². The van der Waals surface area contributed by atoms with Crippen molar-refractivity contribution in [2.45, 2.75) is 19.4 Å². The summed E-state index contributed by atoms with van der Waals surface area (Å²) in [6.45, 7) is 2.07. The SMILES string of the molecule is CCOC(=O)C[C@@H](N)c1ccc(F)c(Br)c1.Cl. The number of rotatable bonds is 4. The highest BCUT2D eigenvalue weighted by Crippen LogP contribution is 2.22. The molecule has 0 radical (unpaired) electrons. The monoisotopic (exact) mass is 325 g/mol. The summed E-state index contributed by atoms with van der Waals surface area (Å²) in [5.74, 6) is -0.706. The minimum atomic E-state index is -0.476. The van der Waals surface area contributed by atoms with Gasteiger partial charge in [0.15, 0.2) is 0 Å². The number of hydrogen-bond acceptors (Lipinski definition) is 3. The molecule has 6 heteroatoms. The van der Waals surface area contributed by atoms with Crippen molar-refractivity contribution >= 4 is 34.3 Å². The van der Waals surface area contributed by atoms with E-state index in [4.69, 9.17) is 10.5 Å². The average Bonchev–Trinajstić information content (AvgIpc) is 2.22. The molecule has 1 atom stereocenters. The van der Waals surface area contributed by atoms with E-state index >= 15 is 0 Å². The summed E-state index contributed by atoms with van der Waals surface area (Å²) >= 11 is 3.06. The predicted octanol–water partition coefficient (Wildman–Crippen LogP) is 2.96. The molecule has 0 bridgehead atoms. The molecule has 0 aliphatic heterocycles. The second kappa shape index (κ2) is 7.63. The fourth-order valence-corrected chi connectivity index (χ4v) is 1.66. The van der Waals surface area contributed by atoms with Gasteiger partial charge in [-0.3, -0.25) is 4.79 Å². The first-order valence-corrected chi connectivity index (χ1v) is 5.70. The maximum atomic E-state index is 13.0. The van der Waals surface area contributed by atoms with Crippen molar-refractivity contribution in [1.29, 1.82) is 0 Å². The van der Waals surface area contributed by atoms with Gasteiger partial charge in [0.2, 0.25) is 0 Å². The number of ether oxygens (including phenoxy) is 1. The van der Waals surface area contributed by atoms with E-state index in [1.165, 1.54) is 6.07 Å². The van der Waals surface area contributed by atoms with Crippen LogP contribution < -0.4 is 5.73 Å². The molecule has 0 unspecified atom stereocenters. The molecule has 0 fully saturated rings. The van der Waals surface area contributed by atoms with Crippen LogP contribution in [0.2, 0.25) is 0 Å². The quantitative estimate of drug-likeness (QED) is 0.866. The van der Waals surface area contributed by atoms with E-state index in [0.29, 0.717) is 16.6 Å². The Morgan fingerprint density at radius 2 is 2.24 bits per heavy atom. The number of carbonyl (C=O) groups excluding carboxylic acids is 1. The summed E-state index contributed by atoms with van der Waals surface area (Å²) in [5.41, 5.74) is 6.50. The molecule has 0 aromatic heterocycles. The van der Waals surface area contributed by atoms with Gasteiger partial charge in [0, 0.05) is 6.04 Å². The third kappa shape index (κ3) is 5.02. The number of halogens is 3. The topological polar surface area (TPSA) is 52.3 Å². The van der Waals surface area contributed by atoms with E-state index in [0.717, 1.165) is 0 Å². The van der Waals surface area contributed by atoms with Gasteiger partial charge in [-0.2, -0.15) is 0 Å². The van der Waals surface area contributed by atoms with Crippen LogP contribution in [0, 0.1) is 5.82 Å². The van der Waals surface area contributed by atoms with Crippen LogP contribution in [0.4, 0.5) is 4.39 Å². The van der Waals surface area contributed by atoms with Gasteiger partial charge in [-0.25, -0.2) is 4.39 Å². The molecule has 3 nitrogen and oxygen atoms in total. The molecule has 2 N–H and O–H groups in total. The molecule has 1 aromatic carbocycles. The molecule has 96 valence electrons. The van der Waals surface area contributed by atoms with Crippen LogP contribution in [0.1, 0.15) is 24.9 Å². The van der Waals surface area contributed by atoms with Gasteiger partial charge >= 0.3 is 5.97 Å². The fourth-order valence-electron chi connectivity index (χ4n) is 1.26. The molecular formula is C11H14BrClFNO2. The summed E-state index contributed by atoms with van der Waals surface area (Å²) in [4.78, 5) is 11.2. The van der Waals surface area contributed by atoms with Gasteiger partial charge in [0.1, 0.15) is 5.82 Å². The van der Waals surface area contributed by atoms with Crippen molar-refractivity contribution in [3.8, 4) is 0 Å². The Morgan fingerprint density at radius 1 is 1.59 bits per heavy atom. The molecule has 0 aliphatic carbocycles. The van der Waals surface area contributed by atoms with Crippen LogP contribution in [0.25, 0.3) is 0 Å². The third-order valence-electron chi connectivity index (χ3n) is 2.06. The maximum Gasteiger partial charge on any atom is 0.307 e. The maximum absolute atomic E-state index is 13.0. The summed E-state index contributed by atoms with van der Waals surface area (Å²) in [6, 6.07) is 3.96. The Labute approximate surface area is 114 Å². The zero-order valence-electron chi connectivity index (χ0n) is 9.28. The lowest BCUT2D eigenvalue weighted by atomic mass is 10.1. The normalized spacial score (nSPS) is 11.5. The molecule has 17 heavy (non-hydrogen) atoms. The van der Waals surface area contributed by atoms with Gasteiger partial charge in [-0.1, -0.05) is 6.07 Å². The number of nitrogens with two attached hydrogens (primary N) is 1. The van der Waals surface area contributed by atoms with Crippen LogP contribution in [0.15, 0.2) is 22.7 Å². The summed E-state index contributed by atoms with van der Waals surface area (Å²) in [5, 5.41) is 0. The highest BCUT2D eigenvalue weighted by atomic mass is 79.9. The van der Waals surface area contributed by atoms with Crippen molar-refractivity contribution in [2.24, 2.45) is 5.73 Å². The van der Waals surface area contributed by atoms with Crippen molar-refractivity contribution in [3.05, 3.63) is 34.1 Å². The number of esters is 1. The minimum Gasteiger partial charge on any atom is -0.466 e. The minimum absolute atomic E-state index is 0. The van der Waals surface area contributed by atoms with E-state index in [9.17, 15) is 9.18 Å². The van der Waals surface area contributed by atoms with Crippen LogP contribution in [0.3, 0.4) is 0 Å². The van der Waals surface area contributed by atoms with E-state index < -0.39 is 6.04 Å². The Hall–Kier alpha value is -0.650. The Morgan fingerprint density at radius 3 is 2.76 bits per heavy atom. The third-order valence-corrected chi connectivity index (χ3v) is 2.67. The largest absolute Gasteiger partial charge is 0.466 e. The fraction of sp³-hybridized carbons (Fsp3) is 0.364. The van der Waals surface area contributed by atoms with Gasteiger partial charge in [0.25, 0.3) is 0 Å². The molecular weight excluding hydrogens is 312 g/mol. The van der Waals surface area contributed by atoms with Crippen LogP contribution in [0.5, 0.6) is 0 Å². The smallest absolute Gasteiger partial charge is 0.307 e. The molecule has 0 heterocycles. The van der Waals surface area contributed by atoms with E-state index in [-0.39, 0.29) is 30.6 Å². The second-order valence-electron chi connectivity index (χ2n) is 3.29. The molecule has 0 spiro atoms. The van der Waals surface area contributed by atoms with E-state index in [2.05, 4.69) is 15.9 Å². The molecule has 0 saturated heterocycles. The van der Waals surface area contributed by atoms with Crippen molar-refractivity contribution < 1.29 is 13.9 Å². The van der Waals surface area contributed by atoms with Crippen molar-refractivity contribution in [3.63, 3.8) is 0 Å². The summed E-state index contributed by atoms with van der Waals surface area (Å²) in [7, 11) is 0. The first-order chi connectivity index (χ1) is 7.54. The predicted molar refractivity (Wildman–Crippen MR) is 69.5 cm³/mol. The number of benzene rings is 1. The van der Waals surface area contributed by atoms with E-state index in [1.807, 2.05) is 0 Å². The summed E-state index contributed by atoms with van der Waals surface area (Å²) in [6.07, 6.45) is 0.0892. The highest BCUT2D eigenvalue weighted by molar-refractivity contribution is 9.10. The Balaban J connectivity index is 0.00000256. The standard InChI is InChI=1S/C11H13BrFNO2.ClH/c1-2-16-11(15)6-10(14)7-3-4-9(13)8(12)5-7;/h3-5,10H,2,6,14H2,1H3;1H/t10-;/m1./s1.